The van der Waals surface area contributed by atoms with Gasteiger partial charge in [0.2, 0.25) is 0 Å². The number of benzene rings is 3. The van der Waals surface area contributed by atoms with E-state index >= 15 is 0 Å². The van der Waals surface area contributed by atoms with Crippen molar-refractivity contribution in [3.05, 3.63) is 89.5 Å². The molecule has 0 heterocycles. The molecule has 0 aliphatic heterocycles. The smallest absolute Gasteiger partial charge is 0.189 e. The maximum atomic E-state index is 13.7. The third-order valence-corrected chi connectivity index (χ3v) is 7.22. The van der Waals surface area contributed by atoms with Crippen LogP contribution in [0.3, 0.4) is 0 Å². The zero-order valence-electron chi connectivity index (χ0n) is 17.6. The second kappa shape index (κ2) is 8.29. The third-order valence-electron chi connectivity index (χ3n) is 5.15. The lowest BCUT2D eigenvalue weighted by molar-refractivity contribution is 0.589. The van der Waals surface area contributed by atoms with E-state index in [1.54, 1.807) is 24.3 Å². The lowest BCUT2D eigenvalue weighted by Gasteiger charge is -2.23. The number of hydrogen-bond donors (Lipinski definition) is 0. The number of aryl methyl sites for hydroxylation is 1. The third kappa shape index (κ3) is 4.30. The van der Waals surface area contributed by atoms with Crippen LogP contribution in [-0.4, -0.2) is 36.6 Å². The van der Waals surface area contributed by atoms with E-state index in [4.69, 9.17) is 0 Å². The molecule has 0 aromatic heterocycles. The van der Waals surface area contributed by atoms with Crippen LogP contribution in [0, 0.1) is 6.92 Å². The molecule has 0 N–H and O–H groups in total. The topological polar surface area (TPSA) is 40.6 Å². The molecule has 0 aliphatic rings. The molecule has 3 rings (SSSR count). The van der Waals surface area contributed by atoms with Gasteiger partial charge in [0.1, 0.15) is 5.25 Å². The van der Waals surface area contributed by atoms with Gasteiger partial charge in [0.15, 0.2) is 9.84 Å². The van der Waals surface area contributed by atoms with Gasteiger partial charge in [-0.1, -0.05) is 36.4 Å². The Morgan fingerprint density at radius 3 is 1.79 bits per heavy atom. The van der Waals surface area contributed by atoms with Crippen LogP contribution in [-0.2, 0) is 9.84 Å². The van der Waals surface area contributed by atoms with E-state index in [0.717, 1.165) is 28.1 Å². The fourth-order valence-electron chi connectivity index (χ4n) is 3.45. The highest BCUT2D eigenvalue weighted by atomic mass is 32.2. The van der Waals surface area contributed by atoms with Crippen molar-refractivity contribution in [1.29, 1.82) is 0 Å². The first-order valence-corrected chi connectivity index (χ1v) is 11.1. The first-order chi connectivity index (χ1) is 13.7. The first-order valence-electron chi connectivity index (χ1n) is 9.56. The highest BCUT2D eigenvalue weighted by molar-refractivity contribution is 7.91. The highest BCUT2D eigenvalue weighted by Crippen LogP contribution is 2.38. The Morgan fingerprint density at radius 1 is 0.724 bits per heavy atom. The Balaban J connectivity index is 2.20. The molecule has 0 aliphatic carbocycles. The predicted octanol–water partition coefficient (Wildman–Crippen LogP) is 4.69. The number of hydrogen-bond acceptors (Lipinski definition) is 4. The maximum absolute atomic E-state index is 13.7. The quantitative estimate of drug-likeness (QED) is 0.593. The van der Waals surface area contributed by atoms with Gasteiger partial charge in [-0.25, -0.2) is 8.42 Å². The van der Waals surface area contributed by atoms with Crippen molar-refractivity contribution in [3.8, 4) is 0 Å². The van der Waals surface area contributed by atoms with Crippen molar-refractivity contribution in [2.45, 2.75) is 17.1 Å². The minimum atomic E-state index is -3.62. The van der Waals surface area contributed by atoms with Crippen molar-refractivity contribution in [2.24, 2.45) is 0 Å². The number of anilines is 2. The Hall–Kier alpha value is -2.79. The van der Waals surface area contributed by atoms with Gasteiger partial charge in [0.05, 0.1) is 4.90 Å². The number of rotatable bonds is 6. The normalized spacial score (nSPS) is 12.4. The average molecular weight is 409 g/mol. The molecule has 29 heavy (non-hydrogen) atoms. The summed E-state index contributed by atoms with van der Waals surface area (Å²) < 4.78 is 27.4. The second-order valence-corrected chi connectivity index (χ2v) is 9.69. The SMILES string of the molecule is Cc1cc(N(C)C)ccc1C(c1ccc(N(C)C)cc1)S(=O)(=O)c1ccccc1. The summed E-state index contributed by atoms with van der Waals surface area (Å²) >= 11 is 0. The van der Waals surface area contributed by atoms with Gasteiger partial charge in [-0.3, -0.25) is 0 Å². The Labute approximate surface area is 174 Å². The second-order valence-electron chi connectivity index (χ2n) is 7.66. The van der Waals surface area contributed by atoms with E-state index in [1.165, 1.54) is 0 Å². The molecule has 0 fully saturated rings. The van der Waals surface area contributed by atoms with Crippen molar-refractivity contribution >= 4 is 21.2 Å². The average Bonchev–Trinajstić information content (AvgIpc) is 2.70. The number of sulfone groups is 1. The lowest BCUT2D eigenvalue weighted by atomic mass is 9.99. The zero-order chi connectivity index (χ0) is 21.2. The van der Waals surface area contributed by atoms with E-state index in [0.29, 0.717) is 4.90 Å². The molecule has 5 heteroatoms. The lowest BCUT2D eigenvalue weighted by Crippen LogP contribution is -2.17. The molecular weight excluding hydrogens is 380 g/mol. The fourth-order valence-corrected chi connectivity index (χ4v) is 5.37. The van der Waals surface area contributed by atoms with Gasteiger partial charge in [0.25, 0.3) is 0 Å². The van der Waals surface area contributed by atoms with Crippen LogP contribution in [0.1, 0.15) is 21.9 Å². The summed E-state index contributed by atoms with van der Waals surface area (Å²) in [7, 11) is 4.27. The van der Waals surface area contributed by atoms with Crippen molar-refractivity contribution < 1.29 is 8.42 Å². The molecule has 3 aromatic rings. The van der Waals surface area contributed by atoms with Gasteiger partial charge in [0, 0.05) is 39.6 Å². The molecule has 0 saturated heterocycles. The van der Waals surface area contributed by atoms with E-state index in [-0.39, 0.29) is 0 Å². The van der Waals surface area contributed by atoms with Crippen LogP contribution in [0.15, 0.2) is 77.7 Å². The summed E-state index contributed by atoms with van der Waals surface area (Å²) in [5, 5.41) is -0.766. The minimum absolute atomic E-state index is 0.331. The Bertz CT molecular complexity index is 1070. The van der Waals surface area contributed by atoms with Crippen LogP contribution in [0.2, 0.25) is 0 Å². The standard InChI is InChI=1S/C24H28N2O2S/c1-18-17-21(26(4)5)15-16-23(18)24(19-11-13-20(14-12-19)25(2)3)29(27,28)22-9-7-6-8-10-22/h6-17,24H,1-5H3. The summed E-state index contributed by atoms with van der Waals surface area (Å²) in [4.78, 5) is 4.35. The van der Waals surface area contributed by atoms with Gasteiger partial charge in [-0.2, -0.15) is 0 Å². The molecule has 1 unspecified atom stereocenters. The first kappa shape index (κ1) is 20.9. The molecule has 152 valence electrons. The fraction of sp³-hybridized carbons (Fsp3) is 0.250. The molecule has 3 aromatic carbocycles. The van der Waals surface area contributed by atoms with Crippen molar-refractivity contribution in [3.63, 3.8) is 0 Å². The largest absolute Gasteiger partial charge is 0.378 e. The molecular formula is C24H28N2O2S. The zero-order valence-corrected chi connectivity index (χ0v) is 18.4. The van der Waals surface area contributed by atoms with Gasteiger partial charge >= 0.3 is 0 Å². The van der Waals surface area contributed by atoms with Gasteiger partial charge in [-0.05, 0) is 60.0 Å². The van der Waals surface area contributed by atoms with Crippen molar-refractivity contribution in [1.82, 2.24) is 0 Å². The molecule has 0 radical (unpaired) electrons. The molecule has 1 atom stereocenters. The van der Waals surface area contributed by atoms with E-state index in [1.807, 2.05) is 93.4 Å². The van der Waals surface area contributed by atoms with E-state index in [2.05, 4.69) is 0 Å². The Kier molecular flexibility index (Phi) is 5.99. The monoisotopic (exact) mass is 408 g/mol. The summed E-state index contributed by atoms with van der Waals surface area (Å²) in [5.74, 6) is 0. The molecule has 0 amide bonds. The predicted molar refractivity (Wildman–Crippen MR) is 122 cm³/mol. The van der Waals surface area contributed by atoms with Crippen LogP contribution >= 0.6 is 0 Å². The molecule has 4 nitrogen and oxygen atoms in total. The van der Waals surface area contributed by atoms with E-state index < -0.39 is 15.1 Å². The van der Waals surface area contributed by atoms with Crippen molar-refractivity contribution in [2.75, 3.05) is 38.0 Å². The summed E-state index contributed by atoms with van der Waals surface area (Å²) in [6, 6.07) is 22.4. The van der Waals surface area contributed by atoms with Crippen LogP contribution < -0.4 is 9.80 Å². The minimum Gasteiger partial charge on any atom is -0.378 e. The van der Waals surface area contributed by atoms with Gasteiger partial charge < -0.3 is 9.80 Å². The summed E-state index contributed by atoms with van der Waals surface area (Å²) in [6.07, 6.45) is 0. The van der Waals surface area contributed by atoms with Crippen LogP contribution in [0.25, 0.3) is 0 Å². The summed E-state index contributed by atoms with van der Waals surface area (Å²) in [5.41, 5.74) is 4.60. The van der Waals surface area contributed by atoms with E-state index in [9.17, 15) is 8.42 Å². The van der Waals surface area contributed by atoms with Crippen LogP contribution in [0.4, 0.5) is 11.4 Å². The maximum Gasteiger partial charge on any atom is 0.189 e. The highest BCUT2D eigenvalue weighted by Gasteiger charge is 2.32. The van der Waals surface area contributed by atoms with Gasteiger partial charge in [-0.15, -0.1) is 0 Å². The Morgan fingerprint density at radius 2 is 1.28 bits per heavy atom. The molecule has 0 spiro atoms. The molecule has 0 saturated carbocycles. The molecule has 0 bridgehead atoms. The number of nitrogens with zero attached hydrogens (tertiary/aromatic N) is 2. The van der Waals surface area contributed by atoms with Crippen LogP contribution in [0.5, 0.6) is 0 Å². The summed E-state index contributed by atoms with van der Waals surface area (Å²) in [6.45, 7) is 1.98.